The van der Waals surface area contributed by atoms with Crippen LogP contribution in [0.25, 0.3) is 0 Å². The minimum absolute atomic E-state index is 0.0258. The summed E-state index contributed by atoms with van der Waals surface area (Å²) in [6.07, 6.45) is 7.90. The van der Waals surface area contributed by atoms with Gasteiger partial charge < -0.3 is 30.3 Å². The number of hydrogen-bond donors (Lipinski definition) is 7. The van der Waals surface area contributed by atoms with Crippen LogP contribution in [0.2, 0.25) is 3.67 Å². The summed E-state index contributed by atoms with van der Waals surface area (Å²) in [4.78, 5) is 9.90. The molecule has 0 aromatic rings. The second-order valence-electron chi connectivity index (χ2n) is 7.03. The molecule has 0 saturated carbocycles. The van der Waals surface area contributed by atoms with Gasteiger partial charge in [-0.3, -0.25) is 9.11 Å². The van der Waals surface area contributed by atoms with Crippen LogP contribution >= 0.6 is 20.2 Å². The molecule has 0 aliphatic heterocycles. The number of aliphatic hydroxyl groups excluding tert-OH is 5. The molecule has 0 aromatic carbocycles. The van der Waals surface area contributed by atoms with Crippen LogP contribution in [0.15, 0.2) is 13.2 Å². The van der Waals surface area contributed by atoms with Crippen LogP contribution in [0, 0.1) is 0 Å². The summed E-state index contributed by atoms with van der Waals surface area (Å²) in [6.45, 7) is 7.53. The van der Waals surface area contributed by atoms with Gasteiger partial charge >= 0.3 is 146 Å². The predicted octanol–water partition coefficient (Wildman–Crippen LogP) is 2.64. The van der Waals surface area contributed by atoms with Crippen LogP contribution < -0.4 is 0 Å². The molecule has 0 aliphatic rings. The number of halogens is 2. The van der Waals surface area contributed by atoms with Gasteiger partial charge in [0.2, 0.25) is 0 Å². The molecule has 0 amide bonds. The molecule has 35 heavy (non-hydrogen) atoms. The van der Waals surface area contributed by atoms with Crippen LogP contribution in [0.4, 0.5) is 0 Å². The molecule has 0 spiro atoms. The Hall–Kier alpha value is 1.18. The van der Waals surface area contributed by atoms with Crippen molar-refractivity contribution in [1.82, 2.24) is 0 Å². The predicted molar refractivity (Wildman–Crippen MR) is 137 cm³/mol. The molecular formula is C20H43Cl2CuNaO10S. The van der Waals surface area contributed by atoms with Gasteiger partial charge in [-0.05, 0) is 0 Å². The van der Waals surface area contributed by atoms with Gasteiger partial charge in [0, 0.05) is 0 Å². The first-order valence-corrected chi connectivity index (χ1v) is 16.6. The van der Waals surface area contributed by atoms with E-state index >= 15 is 0 Å². The van der Waals surface area contributed by atoms with Crippen LogP contribution in [-0.2, 0) is 28.3 Å². The zero-order chi connectivity index (χ0) is 28.7. The number of carbonyl (C=O) groups excluding carboxylic acids is 1. The third kappa shape index (κ3) is 52.4. The van der Waals surface area contributed by atoms with E-state index in [1.165, 1.54) is 95.8 Å². The molecule has 15 heteroatoms. The molecule has 0 aromatic heterocycles. The van der Waals surface area contributed by atoms with E-state index in [0.29, 0.717) is 0 Å². The fraction of sp³-hybridized carbons (Fsp3) is 0.850. The summed E-state index contributed by atoms with van der Waals surface area (Å²) in [5.41, 5.74) is 0. The van der Waals surface area contributed by atoms with Crippen molar-refractivity contribution in [3.05, 3.63) is 13.2 Å². The number of carbonyl (C=O) groups is 1. The molecule has 0 radical (unpaired) electrons. The first-order chi connectivity index (χ1) is 16.4. The molecule has 0 heterocycles. The molecule has 7 N–H and O–H groups in total. The average molecular weight is 633 g/mol. The molecule has 0 saturated heterocycles. The fourth-order valence-electron chi connectivity index (χ4n) is 2.36. The summed E-state index contributed by atoms with van der Waals surface area (Å²) in [5, 5.41) is 43.5. The van der Waals surface area contributed by atoms with Crippen molar-refractivity contribution in [2.75, 3.05) is 6.61 Å². The summed E-state index contributed by atoms with van der Waals surface area (Å²) in [6, 6.07) is 0. The average Bonchev–Trinajstić information content (AvgIpc) is 2.82. The van der Waals surface area contributed by atoms with E-state index in [9.17, 15) is 4.79 Å². The second kappa shape index (κ2) is 37.3. The fourth-order valence-corrected chi connectivity index (χ4v) is 2.86. The van der Waals surface area contributed by atoms with E-state index in [-0.39, 0.29) is 6.29 Å². The molecule has 10 nitrogen and oxygen atoms in total. The second-order valence-corrected chi connectivity index (χ2v) is 10.5. The number of aldehydes is 1. The van der Waals surface area contributed by atoms with Gasteiger partial charge in [0.15, 0.2) is 6.29 Å². The number of aliphatic hydroxyl groups is 5. The van der Waals surface area contributed by atoms with Crippen molar-refractivity contribution < 1.29 is 61.0 Å². The Morgan fingerprint density at radius 2 is 1.17 bits per heavy atom. The van der Waals surface area contributed by atoms with Crippen molar-refractivity contribution in [2.24, 2.45) is 0 Å². The Morgan fingerprint density at radius 1 is 0.857 bits per heavy atom. The quantitative estimate of drug-likeness (QED) is 0.0464. The van der Waals surface area contributed by atoms with Crippen LogP contribution in [0.5, 0.6) is 0 Å². The summed E-state index contributed by atoms with van der Waals surface area (Å²) >= 11 is 2.17. The monoisotopic (exact) mass is 631 g/mol. The van der Waals surface area contributed by atoms with Gasteiger partial charge in [0.25, 0.3) is 0 Å². The number of unbranched alkanes of at least 4 members (excludes halogenated alkanes) is 9. The van der Waals surface area contributed by atoms with Crippen molar-refractivity contribution in [1.29, 1.82) is 0 Å². The van der Waals surface area contributed by atoms with Gasteiger partial charge in [-0.2, -0.15) is 8.42 Å². The Labute approximate surface area is 243 Å². The molecular weight excluding hydrogens is 590 g/mol. The molecule has 0 rings (SSSR count). The van der Waals surface area contributed by atoms with Crippen LogP contribution in [0.1, 0.15) is 71.1 Å². The van der Waals surface area contributed by atoms with Crippen LogP contribution in [0.3, 0.4) is 0 Å². The topological polar surface area (TPSA) is 193 Å². The van der Waals surface area contributed by atoms with E-state index in [4.69, 9.17) is 43.1 Å². The molecule has 215 valence electrons. The summed E-state index contributed by atoms with van der Waals surface area (Å²) < 4.78 is 33.1. The summed E-state index contributed by atoms with van der Waals surface area (Å²) in [5.74, 6) is 0. The Balaban J connectivity index is -0.000000125. The third-order valence-corrected chi connectivity index (χ3v) is 4.83. The molecule has 4 unspecified atom stereocenters. The van der Waals surface area contributed by atoms with Gasteiger partial charge in [0.05, 0.1) is 6.61 Å². The maximum atomic E-state index is 9.90. The minimum atomic E-state index is -4.67. The van der Waals surface area contributed by atoms with E-state index in [2.05, 4.69) is 40.3 Å². The number of hydrogen-bond acceptors (Lipinski definition) is 8. The van der Waals surface area contributed by atoms with Crippen molar-refractivity contribution in [3.63, 3.8) is 0 Å². The standard InChI is InChI=1S/C12H25.C6H12O6.C2H4.2ClH.Cu.Na.H2O4S/c1-3-5-7-9-11-12-10-8-6-4-2;7-1-3(9)5(11)6(12)4(10)2-8;1-2;;;;;1-5(2,3)4/h1,3-12H2,2H3;1,3-6,8-12H,2H2;1-2H2;2*1H;;;(H2,1,2,3,4)/q;;;;;+2;;/p-2. The Morgan fingerprint density at radius 3 is 1.43 bits per heavy atom. The maximum absolute atomic E-state index is 9.90. The van der Waals surface area contributed by atoms with Crippen molar-refractivity contribution in [3.8, 4) is 0 Å². The van der Waals surface area contributed by atoms with Gasteiger partial charge in [0.1, 0.15) is 24.4 Å². The zero-order valence-corrected chi connectivity index (χ0v) is 25.9. The molecule has 4 atom stereocenters. The van der Waals surface area contributed by atoms with E-state index in [1.54, 1.807) is 0 Å². The SMILES string of the molecule is C=C.CCCCCCCCCCC[CH2][Na].O=CC(O)C(O)C(O)C(O)CO.O=S(=O)(O)O.[Cl][Cu][Cl]. The first-order valence-electron chi connectivity index (χ1n) is 11.2. The van der Waals surface area contributed by atoms with E-state index in [0.717, 1.165) is 13.1 Å². The first kappa shape index (κ1) is 46.1. The van der Waals surface area contributed by atoms with Crippen molar-refractivity contribution >= 4 is 64.8 Å². The van der Waals surface area contributed by atoms with Gasteiger partial charge in [-0.1, -0.05) is 0 Å². The molecule has 0 bridgehead atoms. The van der Waals surface area contributed by atoms with Gasteiger partial charge in [-0.25, -0.2) is 0 Å². The molecule has 0 fully saturated rings. The van der Waals surface area contributed by atoms with Crippen molar-refractivity contribution in [2.45, 2.75) is 99.2 Å². The molecule has 0 aliphatic carbocycles. The number of rotatable bonds is 15. The third-order valence-electron chi connectivity index (χ3n) is 4.13. The van der Waals surface area contributed by atoms with Crippen LogP contribution in [-0.4, -0.2) is 108 Å². The van der Waals surface area contributed by atoms with Gasteiger partial charge in [-0.15, -0.1) is 13.2 Å². The Bertz CT molecular complexity index is 492. The Kier molecular flexibility index (Phi) is 49.1. The zero-order valence-electron chi connectivity index (χ0n) is 20.6. The van der Waals surface area contributed by atoms with E-state index < -0.39 is 41.4 Å². The summed E-state index contributed by atoms with van der Waals surface area (Å²) in [7, 11) is 4.67. The normalized spacial score (nSPS) is 13.6. The van der Waals surface area contributed by atoms with E-state index in [1.807, 2.05) is 0 Å².